The van der Waals surface area contributed by atoms with Crippen LogP contribution in [-0.4, -0.2) is 9.97 Å². The average molecular weight is 381 g/mol. The smallest absolute Gasteiger partial charge is 0.434 e. The maximum absolute atomic E-state index is 13.4. The molecule has 0 saturated heterocycles. The third kappa shape index (κ3) is 3.01. The molecular formula is C17H8ClF3N2OS. The van der Waals surface area contributed by atoms with Gasteiger partial charge in [0.1, 0.15) is 0 Å². The number of rotatable bonds is 2. The van der Waals surface area contributed by atoms with Crippen LogP contribution in [-0.2, 0) is 6.18 Å². The van der Waals surface area contributed by atoms with Crippen LogP contribution in [0.1, 0.15) is 5.69 Å². The first-order valence-electron chi connectivity index (χ1n) is 7.09. The molecule has 0 N–H and O–H groups in total. The molecule has 3 heterocycles. The van der Waals surface area contributed by atoms with Gasteiger partial charge in [-0.15, -0.1) is 11.3 Å². The van der Waals surface area contributed by atoms with Crippen molar-refractivity contribution in [3.63, 3.8) is 0 Å². The molecule has 0 aliphatic rings. The summed E-state index contributed by atoms with van der Waals surface area (Å²) >= 11 is 7.14. The van der Waals surface area contributed by atoms with Crippen molar-refractivity contribution in [1.29, 1.82) is 0 Å². The number of hydrogen-bond donors (Lipinski definition) is 0. The number of benzene rings is 1. The second kappa shape index (κ2) is 5.86. The highest BCUT2D eigenvalue weighted by atomic mass is 35.5. The number of fused-ring (bicyclic) bond motifs is 1. The van der Waals surface area contributed by atoms with Crippen molar-refractivity contribution in [1.82, 2.24) is 9.97 Å². The van der Waals surface area contributed by atoms with E-state index in [2.05, 4.69) is 9.97 Å². The largest absolute Gasteiger partial charge is 0.436 e. The van der Waals surface area contributed by atoms with Gasteiger partial charge in [-0.05, 0) is 41.8 Å². The summed E-state index contributed by atoms with van der Waals surface area (Å²) in [6.07, 6.45) is -3.22. The van der Waals surface area contributed by atoms with E-state index in [1.165, 1.54) is 23.6 Å². The lowest BCUT2D eigenvalue weighted by Gasteiger charge is -2.09. The molecule has 25 heavy (non-hydrogen) atoms. The number of thiophene rings is 1. The Hall–Kier alpha value is -2.38. The molecule has 126 valence electrons. The molecular weight excluding hydrogens is 373 g/mol. The predicted octanol–water partition coefficient (Wildman–Crippen LogP) is 6.29. The highest BCUT2D eigenvalue weighted by molar-refractivity contribution is 7.17. The summed E-state index contributed by atoms with van der Waals surface area (Å²) in [6, 6.07) is 9.70. The molecule has 3 nitrogen and oxygen atoms in total. The Labute approximate surface area is 148 Å². The van der Waals surface area contributed by atoms with Crippen LogP contribution in [0.25, 0.3) is 33.0 Å². The SMILES string of the molecule is FC(F)(F)c1nc2ccsc2cc1-c1ncc(-c2ccc(Cl)cc2)o1. The Bertz CT molecular complexity index is 1050. The topological polar surface area (TPSA) is 38.9 Å². The van der Waals surface area contributed by atoms with Gasteiger partial charge in [-0.1, -0.05) is 11.6 Å². The maximum atomic E-state index is 13.4. The highest BCUT2D eigenvalue weighted by Crippen LogP contribution is 2.39. The summed E-state index contributed by atoms with van der Waals surface area (Å²) in [4.78, 5) is 7.76. The Morgan fingerprint density at radius 2 is 1.84 bits per heavy atom. The fraction of sp³-hybridized carbons (Fsp3) is 0.0588. The van der Waals surface area contributed by atoms with Crippen LogP contribution < -0.4 is 0 Å². The quantitative estimate of drug-likeness (QED) is 0.410. The van der Waals surface area contributed by atoms with Crippen molar-refractivity contribution in [2.75, 3.05) is 0 Å². The normalized spacial score (nSPS) is 12.0. The summed E-state index contributed by atoms with van der Waals surface area (Å²) in [5.74, 6) is 0.228. The zero-order valence-electron chi connectivity index (χ0n) is 12.3. The molecule has 0 aliphatic carbocycles. The van der Waals surface area contributed by atoms with Gasteiger partial charge in [0.05, 0.1) is 22.0 Å². The second-order valence-electron chi connectivity index (χ2n) is 5.22. The number of halogens is 4. The van der Waals surface area contributed by atoms with Gasteiger partial charge in [0.15, 0.2) is 11.5 Å². The molecule has 0 spiro atoms. The molecule has 0 aliphatic heterocycles. The number of alkyl halides is 3. The minimum absolute atomic E-state index is 0.125. The monoisotopic (exact) mass is 380 g/mol. The Morgan fingerprint density at radius 1 is 1.08 bits per heavy atom. The first-order chi connectivity index (χ1) is 11.9. The van der Waals surface area contributed by atoms with Crippen molar-refractivity contribution in [2.24, 2.45) is 0 Å². The number of aromatic nitrogens is 2. The summed E-state index contributed by atoms with van der Waals surface area (Å²) in [6.45, 7) is 0. The standard InChI is InChI=1S/C17H8ClF3N2OS/c18-10-3-1-9(2-4-10)13-8-22-16(24-13)11-7-14-12(5-6-25-14)23-15(11)17(19,20)21/h1-8H. The van der Waals surface area contributed by atoms with Crippen molar-refractivity contribution in [3.05, 3.63) is 58.7 Å². The van der Waals surface area contributed by atoms with Crippen molar-refractivity contribution in [2.45, 2.75) is 6.18 Å². The van der Waals surface area contributed by atoms with Crippen LogP contribution >= 0.6 is 22.9 Å². The van der Waals surface area contributed by atoms with Crippen LogP contribution in [0.5, 0.6) is 0 Å². The zero-order chi connectivity index (χ0) is 17.6. The Morgan fingerprint density at radius 3 is 2.56 bits per heavy atom. The van der Waals surface area contributed by atoms with E-state index in [9.17, 15) is 13.2 Å². The molecule has 0 atom stereocenters. The zero-order valence-corrected chi connectivity index (χ0v) is 13.9. The first-order valence-corrected chi connectivity index (χ1v) is 8.35. The van der Waals surface area contributed by atoms with Gasteiger partial charge in [0.2, 0.25) is 5.89 Å². The summed E-state index contributed by atoms with van der Waals surface area (Å²) in [7, 11) is 0. The van der Waals surface area contributed by atoms with Gasteiger partial charge in [-0.25, -0.2) is 9.97 Å². The molecule has 8 heteroatoms. The molecule has 0 amide bonds. The van der Waals surface area contributed by atoms with E-state index in [1.54, 1.807) is 35.7 Å². The molecule has 1 aromatic carbocycles. The van der Waals surface area contributed by atoms with E-state index in [4.69, 9.17) is 16.0 Å². The fourth-order valence-electron chi connectivity index (χ4n) is 2.42. The fourth-order valence-corrected chi connectivity index (χ4v) is 3.31. The van der Waals surface area contributed by atoms with E-state index in [0.29, 0.717) is 26.6 Å². The first kappa shape index (κ1) is 16.1. The lowest BCUT2D eigenvalue weighted by atomic mass is 10.1. The van der Waals surface area contributed by atoms with Gasteiger partial charge in [-0.3, -0.25) is 0 Å². The van der Waals surface area contributed by atoms with Crippen molar-refractivity contribution in [3.8, 4) is 22.8 Å². The summed E-state index contributed by atoms with van der Waals surface area (Å²) in [5.41, 5.74) is -0.224. The molecule has 0 fully saturated rings. The van der Waals surface area contributed by atoms with E-state index in [-0.39, 0.29) is 11.5 Å². The van der Waals surface area contributed by atoms with Crippen molar-refractivity contribution >= 4 is 33.2 Å². The van der Waals surface area contributed by atoms with Gasteiger partial charge in [-0.2, -0.15) is 13.2 Å². The van der Waals surface area contributed by atoms with E-state index < -0.39 is 11.9 Å². The third-order valence-electron chi connectivity index (χ3n) is 3.57. The number of oxazole rings is 1. The van der Waals surface area contributed by atoms with E-state index >= 15 is 0 Å². The van der Waals surface area contributed by atoms with Crippen LogP contribution in [0.4, 0.5) is 13.2 Å². The van der Waals surface area contributed by atoms with Gasteiger partial charge in [0.25, 0.3) is 0 Å². The van der Waals surface area contributed by atoms with Gasteiger partial charge < -0.3 is 4.42 Å². The van der Waals surface area contributed by atoms with Crippen LogP contribution in [0, 0.1) is 0 Å². The molecule has 0 unspecified atom stereocenters. The van der Waals surface area contributed by atoms with Gasteiger partial charge in [0, 0.05) is 10.6 Å². The minimum atomic E-state index is -4.61. The van der Waals surface area contributed by atoms with Crippen LogP contribution in [0.3, 0.4) is 0 Å². The predicted molar refractivity (Wildman–Crippen MR) is 90.6 cm³/mol. The molecule has 0 radical (unpaired) electrons. The molecule has 0 bridgehead atoms. The average Bonchev–Trinajstić information content (AvgIpc) is 3.22. The van der Waals surface area contributed by atoms with Gasteiger partial charge >= 0.3 is 6.18 Å². The highest BCUT2D eigenvalue weighted by Gasteiger charge is 2.37. The van der Waals surface area contributed by atoms with E-state index in [1.807, 2.05) is 0 Å². The van der Waals surface area contributed by atoms with Crippen LogP contribution in [0.2, 0.25) is 5.02 Å². The third-order valence-corrected chi connectivity index (χ3v) is 4.67. The van der Waals surface area contributed by atoms with Crippen LogP contribution in [0.15, 0.2) is 52.4 Å². The minimum Gasteiger partial charge on any atom is -0.436 e. The molecule has 4 rings (SSSR count). The lowest BCUT2D eigenvalue weighted by molar-refractivity contribution is -0.140. The maximum Gasteiger partial charge on any atom is 0.434 e. The Kier molecular flexibility index (Phi) is 3.77. The summed E-state index contributed by atoms with van der Waals surface area (Å²) < 4.78 is 46.4. The number of hydrogen-bond acceptors (Lipinski definition) is 4. The lowest BCUT2D eigenvalue weighted by Crippen LogP contribution is -2.10. The second-order valence-corrected chi connectivity index (χ2v) is 6.61. The van der Waals surface area contributed by atoms with E-state index in [0.717, 1.165) is 0 Å². The molecule has 0 saturated carbocycles. The molecule has 4 aromatic rings. The number of nitrogens with zero attached hydrogens (tertiary/aromatic N) is 2. The molecule has 3 aromatic heterocycles. The Balaban J connectivity index is 1.85. The summed E-state index contributed by atoms with van der Waals surface area (Å²) in [5, 5.41) is 2.24. The number of pyridine rings is 1. The van der Waals surface area contributed by atoms with Crippen molar-refractivity contribution < 1.29 is 17.6 Å².